The van der Waals surface area contributed by atoms with Crippen LogP contribution in [0.1, 0.15) is 21.5 Å². The predicted molar refractivity (Wildman–Crippen MR) is 84.9 cm³/mol. The Kier molecular flexibility index (Phi) is 4.95. The van der Waals surface area contributed by atoms with Crippen molar-refractivity contribution in [3.05, 3.63) is 59.2 Å². The molecule has 0 saturated heterocycles. The minimum atomic E-state index is -0.126. The van der Waals surface area contributed by atoms with Crippen molar-refractivity contribution < 1.29 is 9.53 Å². The highest BCUT2D eigenvalue weighted by Crippen LogP contribution is 2.21. The zero-order chi connectivity index (χ0) is 15.2. The van der Waals surface area contributed by atoms with E-state index in [-0.39, 0.29) is 5.91 Å². The Bertz CT molecular complexity index is 638. The number of carbonyl (C=O) groups is 1. The van der Waals surface area contributed by atoms with E-state index in [0.717, 1.165) is 29.0 Å². The van der Waals surface area contributed by atoms with Crippen LogP contribution in [-0.2, 0) is 6.42 Å². The van der Waals surface area contributed by atoms with Crippen LogP contribution in [0.4, 0.5) is 5.69 Å². The van der Waals surface area contributed by atoms with E-state index in [2.05, 4.69) is 5.32 Å². The second kappa shape index (κ2) is 6.90. The number of methoxy groups -OCH3 is 1. The average Bonchev–Trinajstić information content (AvgIpc) is 2.48. The topological polar surface area (TPSA) is 64.3 Å². The van der Waals surface area contributed by atoms with Gasteiger partial charge in [-0.25, -0.2) is 0 Å². The molecule has 2 aromatic rings. The highest BCUT2D eigenvalue weighted by molar-refractivity contribution is 6.04. The van der Waals surface area contributed by atoms with Gasteiger partial charge in [-0.2, -0.15) is 0 Å². The van der Waals surface area contributed by atoms with Crippen molar-refractivity contribution in [3.63, 3.8) is 0 Å². The van der Waals surface area contributed by atoms with Gasteiger partial charge in [0.05, 0.1) is 7.11 Å². The zero-order valence-corrected chi connectivity index (χ0v) is 12.3. The largest absolute Gasteiger partial charge is 0.496 e. The zero-order valence-electron chi connectivity index (χ0n) is 12.3. The van der Waals surface area contributed by atoms with E-state index in [1.807, 2.05) is 43.3 Å². The van der Waals surface area contributed by atoms with E-state index in [9.17, 15) is 4.79 Å². The van der Waals surface area contributed by atoms with Crippen molar-refractivity contribution >= 4 is 11.6 Å². The first-order chi connectivity index (χ1) is 10.1. The van der Waals surface area contributed by atoms with Crippen molar-refractivity contribution in [2.45, 2.75) is 13.3 Å². The van der Waals surface area contributed by atoms with Crippen LogP contribution in [0.25, 0.3) is 0 Å². The number of ether oxygens (including phenoxy) is 1. The third kappa shape index (κ3) is 3.83. The predicted octanol–water partition coefficient (Wildman–Crippen LogP) is 2.76. The van der Waals surface area contributed by atoms with Gasteiger partial charge in [-0.15, -0.1) is 0 Å². The number of nitrogens with two attached hydrogens (primary N) is 1. The van der Waals surface area contributed by atoms with Gasteiger partial charge in [0, 0.05) is 11.3 Å². The Morgan fingerprint density at radius 3 is 2.71 bits per heavy atom. The molecular weight excluding hydrogens is 264 g/mol. The van der Waals surface area contributed by atoms with E-state index in [4.69, 9.17) is 10.5 Å². The number of benzene rings is 2. The number of aryl methyl sites for hydroxylation is 1. The molecule has 4 heteroatoms. The Hall–Kier alpha value is -2.33. The van der Waals surface area contributed by atoms with Crippen LogP contribution in [0.2, 0.25) is 0 Å². The van der Waals surface area contributed by atoms with E-state index >= 15 is 0 Å². The monoisotopic (exact) mass is 284 g/mol. The van der Waals surface area contributed by atoms with Gasteiger partial charge in [0.25, 0.3) is 5.91 Å². The maximum atomic E-state index is 12.3. The van der Waals surface area contributed by atoms with E-state index in [0.29, 0.717) is 12.1 Å². The highest BCUT2D eigenvalue weighted by Gasteiger charge is 2.08. The van der Waals surface area contributed by atoms with Crippen molar-refractivity contribution in [1.82, 2.24) is 0 Å². The van der Waals surface area contributed by atoms with E-state index in [1.54, 1.807) is 13.2 Å². The van der Waals surface area contributed by atoms with Crippen LogP contribution in [0.5, 0.6) is 5.75 Å². The van der Waals surface area contributed by atoms with Crippen LogP contribution in [0.15, 0.2) is 42.5 Å². The van der Waals surface area contributed by atoms with Crippen LogP contribution < -0.4 is 15.8 Å². The second-order valence-corrected chi connectivity index (χ2v) is 4.88. The van der Waals surface area contributed by atoms with Crippen LogP contribution in [0.3, 0.4) is 0 Å². The molecular formula is C17H20N2O2. The second-order valence-electron chi connectivity index (χ2n) is 4.88. The molecule has 0 saturated carbocycles. The van der Waals surface area contributed by atoms with Crippen LogP contribution in [-0.4, -0.2) is 19.6 Å². The summed E-state index contributed by atoms with van der Waals surface area (Å²) in [5.74, 6) is 0.677. The third-order valence-corrected chi connectivity index (χ3v) is 3.27. The lowest BCUT2D eigenvalue weighted by Crippen LogP contribution is -2.13. The summed E-state index contributed by atoms with van der Waals surface area (Å²) in [4.78, 5) is 12.3. The number of hydrogen-bond acceptors (Lipinski definition) is 3. The van der Waals surface area contributed by atoms with E-state index in [1.165, 1.54) is 0 Å². The fourth-order valence-corrected chi connectivity index (χ4v) is 2.19. The van der Waals surface area contributed by atoms with Gasteiger partial charge < -0.3 is 15.8 Å². The minimum absolute atomic E-state index is 0.126. The molecule has 2 rings (SSSR count). The fraction of sp³-hybridized carbons (Fsp3) is 0.235. The Morgan fingerprint density at radius 2 is 2.05 bits per heavy atom. The summed E-state index contributed by atoms with van der Waals surface area (Å²) in [5.41, 5.74) is 8.97. The summed E-state index contributed by atoms with van der Waals surface area (Å²) in [6, 6.07) is 13.1. The molecule has 0 aromatic heterocycles. The minimum Gasteiger partial charge on any atom is -0.496 e. The standard InChI is InChI=1S/C17H20N2O2/c1-12-10-15(6-7-16(12)21-2)19-17(20)14-5-3-4-13(11-14)8-9-18/h3-7,10-11H,8-9,18H2,1-2H3,(H,19,20). The molecule has 4 nitrogen and oxygen atoms in total. The maximum Gasteiger partial charge on any atom is 0.255 e. The normalized spacial score (nSPS) is 10.2. The van der Waals surface area contributed by atoms with Gasteiger partial charge in [0.2, 0.25) is 0 Å². The molecule has 0 unspecified atom stereocenters. The summed E-state index contributed by atoms with van der Waals surface area (Å²) in [7, 11) is 1.63. The number of hydrogen-bond donors (Lipinski definition) is 2. The SMILES string of the molecule is COc1ccc(NC(=O)c2cccc(CCN)c2)cc1C. The smallest absolute Gasteiger partial charge is 0.255 e. The molecule has 0 radical (unpaired) electrons. The summed E-state index contributed by atoms with van der Waals surface area (Å²) < 4.78 is 5.21. The molecule has 3 N–H and O–H groups in total. The molecule has 2 aromatic carbocycles. The summed E-state index contributed by atoms with van der Waals surface area (Å²) in [6.45, 7) is 2.51. The summed E-state index contributed by atoms with van der Waals surface area (Å²) in [6.07, 6.45) is 0.767. The van der Waals surface area contributed by atoms with Crippen molar-refractivity contribution in [3.8, 4) is 5.75 Å². The summed E-state index contributed by atoms with van der Waals surface area (Å²) in [5, 5.41) is 2.89. The van der Waals surface area contributed by atoms with Crippen LogP contribution in [0, 0.1) is 6.92 Å². The van der Waals surface area contributed by atoms with Crippen LogP contribution >= 0.6 is 0 Å². The molecule has 110 valence electrons. The maximum absolute atomic E-state index is 12.3. The molecule has 0 spiro atoms. The molecule has 0 atom stereocenters. The quantitative estimate of drug-likeness (QED) is 0.887. The lowest BCUT2D eigenvalue weighted by atomic mass is 10.1. The van der Waals surface area contributed by atoms with Gasteiger partial charge in [0.15, 0.2) is 0 Å². The van der Waals surface area contributed by atoms with E-state index < -0.39 is 0 Å². The van der Waals surface area contributed by atoms with Gasteiger partial charge in [-0.3, -0.25) is 4.79 Å². The van der Waals surface area contributed by atoms with Crippen molar-refractivity contribution in [1.29, 1.82) is 0 Å². The molecule has 0 aliphatic heterocycles. The third-order valence-electron chi connectivity index (χ3n) is 3.27. The van der Waals surface area contributed by atoms with Crippen molar-refractivity contribution in [2.24, 2.45) is 5.73 Å². The first-order valence-corrected chi connectivity index (χ1v) is 6.89. The van der Waals surface area contributed by atoms with Crippen molar-refractivity contribution in [2.75, 3.05) is 19.0 Å². The molecule has 1 amide bonds. The fourth-order valence-electron chi connectivity index (χ4n) is 2.19. The summed E-state index contributed by atoms with van der Waals surface area (Å²) >= 11 is 0. The molecule has 0 bridgehead atoms. The van der Waals surface area contributed by atoms with Gasteiger partial charge in [0.1, 0.15) is 5.75 Å². The molecule has 0 aliphatic carbocycles. The number of rotatable bonds is 5. The molecule has 0 fully saturated rings. The Morgan fingerprint density at radius 1 is 1.24 bits per heavy atom. The van der Waals surface area contributed by atoms with Gasteiger partial charge in [-0.1, -0.05) is 12.1 Å². The van der Waals surface area contributed by atoms with Gasteiger partial charge in [-0.05, 0) is 61.3 Å². The molecule has 21 heavy (non-hydrogen) atoms. The lowest BCUT2D eigenvalue weighted by molar-refractivity contribution is 0.102. The Balaban J connectivity index is 2.14. The number of anilines is 1. The lowest BCUT2D eigenvalue weighted by Gasteiger charge is -2.09. The first-order valence-electron chi connectivity index (χ1n) is 6.89. The first kappa shape index (κ1) is 15.1. The average molecular weight is 284 g/mol. The number of nitrogens with one attached hydrogen (secondary N) is 1. The number of carbonyl (C=O) groups excluding carboxylic acids is 1. The number of amides is 1. The van der Waals surface area contributed by atoms with Gasteiger partial charge >= 0.3 is 0 Å². The Labute approximate surface area is 124 Å². The molecule has 0 aliphatic rings. The molecule has 0 heterocycles. The highest BCUT2D eigenvalue weighted by atomic mass is 16.5.